The molecular weight excluding hydrogens is 251 g/mol. The zero-order valence-corrected chi connectivity index (χ0v) is 10.4. The van der Waals surface area contributed by atoms with Crippen LogP contribution in [0.4, 0.5) is 4.39 Å². The van der Waals surface area contributed by atoms with E-state index >= 15 is 0 Å². The molecule has 3 aromatic rings. The molecule has 0 atom stereocenters. The summed E-state index contributed by atoms with van der Waals surface area (Å²) >= 11 is 6.15. The summed E-state index contributed by atoms with van der Waals surface area (Å²) in [6.07, 6.45) is 1.88. The second-order valence-corrected chi connectivity index (χ2v) is 4.50. The van der Waals surface area contributed by atoms with Gasteiger partial charge in [-0.25, -0.2) is 9.37 Å². The minimum atomic E-state index is -0.284. The van der Waals surface area contributed by atoms with Gasteiger partial charge in [-0.05, 0) is 30.7 Å². The minimum absolute atomic E-state index is 0.284. The Balaban J connectivity index is 2.34. The molecule has 18 heavy (non-hydrogen) atoms. The van der Waals surface area contributed by atoms with Crippen LogP contribution in [0.3, 0.4) is 0 Å². The van der Waals surface area contributed by atoms with Crippen LogP contribution in [-0.2, 0) is 0 Å². The summed E-state index contributed by atoms with van der Waals surface area (Å²) in [5, 5.41) is 0.437. The smallest absolute Gasteiger partial charge is 0.155 e. The number of aryl methyl sites for hydroxylation is 1. The standard InChI is InChI=1S/C14H10ClFN2/c1-9-4-3-7-18-12(9)13(15)17-14(18)10-5-2-6-11(16)8-10/h2-8H,1H3. The van der Waals surface area contributed by atoms with Gasteiger partial charge in [0.05, 0.1) is 5.52 Å². The lowest BCUT2D eigenvalue weighted by Gasteiger charge is -2.02. The van der Waals surface area contributed by atoms with E-state index in [4.69, 9.17) is 11.6 Å². The number of hydrogen-bond donors (Lipinski definition) is 0. The van der Waals surface area contributed by atoms with Crippen molar-refractivity contribution in [3.05, 3.63) is 59.1 Å². The predicted octanol–water partition coefficient (Wildman–Crippen LogP) is 4.10. The van der Waals surface area contributed by atoms with Crippen LogP contribution in [0.25, 0.3) is 16.9 Å². The van der Waals surface area contributed by atoms with Gasteiger partial charge < -0.3 is 0 Å². The molecule has 0 N–H and O–H groups in total. The number of hydrogen-bond acceptors (Lipinski definition) is 1. The molecule has 0 radical (unpaired) electrons. The fraction of sp³-hybridized carbons (Fsp3) is 0.0714. The third-order valence-electron chi connectivity index (χ3n) is 2.91. The van der Waals surface area contributed by atoms with E-state index < -0.39 is 0 Å². The normalized spacial score (nSPS) is 11.1. The molecule has 2 nitrogen and oxygen atoms in total. The van der Waals surface area contributed by atoms with E-state index in [1.54, 1.807) is 6.07 Å². The molecule has 0 spiro atoms. The number of pyridine rings is 1. The maximum Gasteiger partial charge on any atom is 0.155 e. The van der Waals surface area contributed by atoms with Crippen molar-refractivity contribution >= 4 is 17.1 Å². The van der Waals surface area contributed by atoms with Gasteiger partial charge in [-0.3, -0.25) is 4.40 Å². The third-order valence-corrected chi connectivity index (χ3v) is 3.17. The molecule has 2 aromatic heterocycles. The van der Waals surface area contributed by atoms with Gasteiger partial charge in [0, 0.05) is 11.8 Å². The summed E-state index contributed by atoms with van der Waals surface area (Å²) < 4.78 is 15.2. The number of halogens is 2. The molecule has 0 aliphatic rings. The molecule has 0 amide bonds. The Labute approximate surface area is 109 Å². The van der Waals surface area contributed by atoms with E-state index in [1.807, 2.05) is 35.7 Å². The molecule has 0 aliphatic heterocycles. The van der Waals surface area contributed by atoms with E-state index in [1.165, 1.54) is 12.1 Å². The van der Waals surface area contributed by atoms with Gasteiger partial charge in [-0.2, -0.15) is 0 Å². The van der Waals surface area contributed by atoms with Crippen molar-refractivity contribution in [1.82, 2.24) is 9.38 Å². The average Bonchev–Trinajstić information content (AvgIpc) is 2.68. The fourth-order valence-corrected chi connectivity index (χ4v) is 2.41. The van der Waals surface area contributed by atoms with Gasteiger partial charge in [0.25, 0.3) is 0 Å². The van der Waals surface area contributed by atoms with E-state index in [0.717, 1.165) is 11.1 Å². The molecule has 0 saturated heterocycles. The highest BCUT2D eigenvalue weighted by Gasteiger charge is 2.12. The SMILES string of the molecule is Cc1cccn2c(-c3cccc(F)c3)nc(Cl)c12. The molecule has 1 aromatic carbocycles. The molecule has 2 heterocycles. The molecule has 0 unspecified atom stereocenters. The summed E-state index contributed by atoms with van der Waals surface area (Å²) in [5.41, 5.74) is 2.61. The van der Waals surface area contributed by atoms with Crippen molar-refractivity contribution in [2.24, 2.45) is 0 Å². The fourth-order valence-electron chi connectivity index (χ4n) is 2.09. The van der Waals surface area contributed by atoms with Crippen LogP contribution >= 0.6 is 11.6 Å². The van der Waals surface area contributed by atoms with Gasteiger partial charge in [0.1, 0.15) is 11.6 Å². The number of nitrogens with zero attached hydrogens (tertiary/aromatic N) is 2. The Morgan fingerprint density at radius 2 is 2.06 bits per heavy atom. The first-order valence-electron chi connectivity index (χ1n) is 5.56. The number of imidazole rings is 1. The summed E-state index contributed by atoms with van der Waals surface area (Å²) in [7, 11) is 0. The lowest BCUT2D eigenvalue weighted by molar-refractivity contribution is 0.628. The molecule has 4 heteroatoms. The highest BCUT2D eigenvalue weighted by molar-refractivity contribution is 6.33. The van der Waals surface area contributed by atoms with E-state index in [-0.39, 0.29) is 5.82 Å². The second kappa shape index (κ2) is 4.10. The second-order valence-electron chi connectivity index (χ2n) is 4.15. The van der Waals surface area contributed by atoms with Crippen LogP contribution in [0, 0.1) is 12.7 Å². The van der Waals surface area contributed by atoms with E-state index in [9.17, 15) is 4.39 Å². The van der Waals surface area contributed by atoms with Crippen LogP contribution in [0.15, 0.2) is 42.6 Å². The summed E-state index contributed by atoms with van der Waals surface area (Å²) in [5.74, 6) is 0.367. The van der Waals surface area contributed by atoms with Crippen LogP contribution in [-0.4, -0.2) is 9.38 Å². The molecule has 0 aliphatic carbocycles. The molecule has 0 saturated carbocycles. The highest BCUT2D eigenvalue weighted by Crippen LogP contribution is 2.27. The van der Waals surface area contributed by atoms with Crippen LogP contribution in [0.5, 0.6) is 0 Å². The third kappa shape index (κ3) is 1.68. The number of aromatic nitrogens is 2. The maximum atomic E-state index is 13.3. The van der Waals surface area contributed by atoms with Crippen LogP contribution < -0.4 is 0 Å². The summed E-state index contributed by atoms with van der Waals surface area (Å²) in [6.45, 7) is 1.97. The maximum absolute atomic E-state index is 13.3. The lowest BCUT2D eigenvalue weighted by atomic mass is 10.2. The lowest BCUT2D eigenvalue weighted by Crippen LogP contribution is -1.90. The highest BCUT2D eigenvalue weighted by atomic mass is 35.5. The molecule has 0 bridgehead atoms. The van der Waals surface area contributed by atoms with Crippen LogP contribution in [0.2, 0.25) is 5.15 Å². The molecule has 0 fully saturated rings. The molecule has 3 rings (SSSR count). The monoisotopic (exact) mass is 260 g/mol. The largest absolute Gasteiger partial charge is 0.298 e. The van der Waals surface area contributed by atoms with Gasteiger partial charge in [0.2, 0.25) is 0 Å². The quantitative estimate of drug-likeness (QED) is 0.644. The van der Waals surface area contributed by atoms with Crippen molar-refractivity contribution in [1.29, 1.82) is 0 Å². The number of benzene rings is 1. The van der Waals surface area contributed by atoms with Gasteiger partial charge in [-0.15, -0.1) is 0 Å². The molecular formula is C14H10ClFN2. The van der Waals surface area contributed by atoms with E-state index in [2.05, 4.69) is 4.98 Å². The van der Waals surface area contributed by atoms with Crippen molar-refractivity contribution in [2.75, 3.05) is 0 Å². The van der Waals surface area contributed by atoms with Crippen molar-refractivity contribution in [3.8, 4) is 11.4 Å². The van der Waals surface area contributed by atoms with Crippen LogP contribution in [0.1, 0.15) is 5.56 Å². The van der Waals surface area contributed by atoms with Crippen molar-refractivity contribution in [3.63, 3.8) is 0 Å². The van der Waals surface area contributed by atoms with Crippen molar-refractivity contribution < 1.29 is 4.39 Å². The van der Waals surface area contributed by atoms with Crippen molar-refractivity contribution in [2.45, 2.75) is 6.92 Å². The Bertz CT molecular complexity index is 734. The zero-order chi connectivity index (χ0) is 12.7. The first kappa shape index (κ1) is 11.2. The summed E-state index contributed by atoms with van der Waals surface area (Å²) in [4.78, 5) is 4.32. The van der Waals surface area contributed by atoms with Gasteiger partial charge >= 0.3 is 0 Å². The first-order valence-corrected chi connectivity index (χ1v) is 5.94. The first-order chi connectivity index (χ1) is 8.66. The van der Waals surface area contributed by atoms with Gasteiger partial charge in [-0.1, -0.05) is 29.8 Å². The Morgan fingerprint density at radius 3 is 2.83 bits per heavy atom. The molecule has 90 valence electrons. The van der Waals surface area contributed by atoms with Gasteiger partial charge in [0.15, 0.2) is 5.15 Å². The average molecular weight is 261 g/mol. The number of rotatable bonds is 1. The Kier molecular flexibility index (Phi) is 2.56. The predicted molar refractivity (Wildman–Crippen MR) is 70.3 cm³/mol. The Morgan fingerprint density at radius 1 is 1.22 bits per heavy atom. The van der Waals surface area contributed by atoms with E-state index in [0.29, 0.717) is 16.5 Å². The minimum Gasteiger partial charge on any atom is -0.298 e. The Hall–Kier alpha value is -1.87. The number of fused-ring (bicyclic) bond motifs is 1. The summed E-state index contributed by atoms with van der Waals surface area (Å²) in [6, 6.07) is 10.2. The topological polar surface area (TPSA) is 17.3 Å². The zero-order valence-electron chi connectivity index (χ0n) is 9.69.